The average Bonchev–Trinajstić information content (AvgIpc) is 3.58. The molecule has 0 fully saturated rings. The fourth-order valence-electron chi connectivity index (χ4n) is 3.95. The topological polar surface area (TPSA) is 95.6 Å². The minimum Gasteiger partial charge on any atom is -0.497 e. The van der Waals surface area contributed by atoms with Gasteiger partial charge in [0.15, 0.2) is 5.76 Å². The van der Waals surface area contributed by atoms with E-state index in [1.807, 2.05) is 12.1 Å². The predicted molar refractivity (Wildman–Crippen MR) is 139 cm³/mol. The Labute approximate surface area is 217 Å². The molecule has 3 aromatic carbocycles. The Hall–Kier alpha value is -5.18. The molecule has 190 valence electrons. The lowest BCUT2D eigenvalue weighted by Crippen LogP contribution is -2.10. The predicted octanol–water partition coefficient (Wildman–Crippen LogP) is 6.12. The fraction of sp³-hybridized carbons (Fsp3) is 0.0690. The van der Waals surface area contributed by atoms with Gasteiger partial charge in [0.1, 0.15) is 17.3 Å². The van der Waals surface area contributed by atoms with Crippen molar-refractivity contribution < 1.29 is 27.9 Å². The standard InChI is InChI=1S/C29H22FN3O5/c1-18(34)38-29-26(19-8-12-22(13-9-19)31-28(35)25-7-4-16-37-25)27(20-10-14-24(36-2)15-11-20)32-33(29)23-6-3-5-21(30)17-23/h3-17H,1-2H3,(H,31,35). The van der Waals surface area contributed by atoms with Crippen molar-refractivity contribution in [3.63, 3.8) is 0 Å². The lowest BCUT2D eigenvalue weighted by Gasteiger charge is -2.10. The van der Waals surface area contributed by atoms with Crippen molar-refractivity contribution in [1.29, 1.82) is 0 Å². The maximum Gasteiger partial charge on any atom is 0.309 e. The van der Waals surface area contributed by atoms with Crippen molar-refractivity contribution in [3.05, 3.63) is 103 Å². The van der Waals surface area contributed by atoms with Gasteiger partial charge >= 0.3 is 5.97 Å². The van der Waals surface area contributed by atoms with Gasteiger partial charge < -0.3 is 19.2 Å². The minimum absolute atomic E-state index is 0.126. The molecule has 0 spiro atoms. The zero-order valence-corrected chi connectivity index (χ0v) is 20.5. The molecule has 2 heterocycles. The van der Waals surface area contributed by atoms with Gasteiger partial charge in [-0.3, -0.25) is 9.59 Å². The van der Waals surface area contributed by atoms with E-state index in [0.29, 0.717) is 33.9 Å². The van der Waals surface area contributed by atoms with E-state index in [0.717, 1.165) is 5.56 Å². The van der Waals surface area contributed by atoms with Gasteiger partial charge in [0.2, 0.25) is 5.88 Å². The summed E-state index contributed by atoms with van der Waals surface area (Å²) in [5.41, 5.74) is 3.31. The number of halogens is 1. The van der Waals surface area contributed by atoms with E-state index in [-0.39, 0.29) is 17.5 Å². The van der Waals surface area contributed by atoms with E-state index in [2.05, 4.69) is 5.32 Å². The first kappa shape index (κ1) is 24.5. The van der Waals surface area contributed by atoms with Gasteiger partial charge in [-0.05, 0) is 72.3 Å². The lowest BCUT2D eigenvalue weighted by molar-refractivity contribution is -0.132. The summed E-state index contributed by atoms with van der Waals surface area (Å²) in [5.74, 6) is -0.438. The first-order chi connectivity index (χ1) is 18.4. The van der Waals surface area contributed by atoms with Crippen LogP contribution in [0.3, 0.4) is 0 Å². The van der Waals surface area contributed by atoms with Crippen molar-refractivity contribution >= 4 is 17.6 Å². The molecule has 0 radical (unpaired) electrons. The Balaban J connectivity index is 1.64. The van der Waals surface area contributed by atoms with Crippen LogP contribution in [0.5, 0.6) is 11.6 Å². The van der Waals surface area contributed by atoms with E-state index in [4.69, 9.17) is 19.0 Å². The molecule has 5 rings (SSSR count). The zero-order valence-electron chi connectivity index (χ0n) is 20.5. The highest BCUT2D eigenvalue weighted by Gasteiger charge is 2.25. The number of hydrogen-bond acceptors (Lipinski definition) is 6. The Morgan fingerprint density at radius 3 is 2.32 bits per heavy atom. The normalized spacial score (nSPS) is 10.7. The number of hydrogen-bond donors (Lipinski definition) is 1. The van der Waals surface area contributed by atoms with Gasteiger partial charge in [-0.15, -0.1) is 0 Å². The Kier molecular flexibility index (Phi) is 6.73. The second-order valence-corrected chi connectivity index (χ2v) is 8.25. The van der Waals surface area contributed by atoms with Crippen molar-refractivity contribution in [3.8, 4) is 39.7 Å². The Bertz CT molecular complexity index is 1590. The molecule has 2 aromatic heterocycles. The van der Waals surface area contributed by atoms with Crippen LogP contribution in [0, 0.1) is 5.82 Å². The van der Waals surface area contributed by atoms with Crippen molar-refractivity contribution in [2.24, 2.45) is 0 Å². The number of benzene rings is 3. The molecule has 5 aromatic rings. The number of aromatic nitrogens is 2. The van der Waals surface area contributed by atoms with Gasteiger partial charge in [-0.1, -0.05) is 18.2 Å². The van der Waals surface area contributed by atoms with E-state index in [9.17, 15) is 14.0 Å². The number of ether oxygens (including phenoxy) is 2. The van der Waals surface area contributed by atoms with Crippen LogP contribution in [0.15, 0.2) is 95.6 Å². The largest absolute Gasteiger partial charge is 0.497 e. The third-order valence-corrected chi connectivity index (χ3v) is 5.68. The smallest absolute Gasteiger partial charge is 0.309 e. The lowest BCUT2D eigenvalue weighted by atomic mass is 10.0. The highest BCUT2D eigenvalue weighted by molar-refractivity contribution is 6.02. The number of esters is 1. The number of nitrogens with zero attached hydrogens (tertiary/aromatic N) is 2. The molecule has 1 amide bonds. The van der Waals surface area contributed by atoms with Crippen LogP contribution in [0.4, 0.5) is 10.1 Å². The average molecular weight is 512 g/mol. The Morgan fingerprint density at radius 1 is 0.947 bits per heavy atom. The van der Waals surface area contributed by atoms with Gasteiger partial charge in [0.05, 0.1) is 24.6 Å². The van der Waals surface area contributed by atoms with Gasteiger partial charge in [0.25, 0.3) is 5.91 Å². The summed E-state index contributed by atoms with van der Waals surface area (Å²) in [6, 6.07) is 23.2. The molecule has 0 aliphatic heterocycles. The number of carbonyl (C=O) groups excluding carboxylic acids is 2. The number of amides is 1. The third kappa shape index (κ3) is 5.03. The summed E-state index contributed by atoms with van der Waals surface area (Å²) in [7, 11) is 1.57. The van der Waals surface area contributed by atoms with Gasteiger partial charge in [-0.2, -0.15) is 9.78 Å². The third-order valence-electron chi connectivity index (χ3n) is 5.68. The number of rotatable bonds is 7. The molecule has 9 heteroatoms. The molecule has 0 unspecified atom stereocenters. The van der Waals surface area contributed by atoms with Crippen LogP contribution in [-0.4, -0.2) is 28.8 Å². The summed E-state index contributed by atoms with van der Waals surface area (Å²) in [6.07, 6.45) is 1.42. The summed E-state index contributed by atoms with van der Waals surface area (Å²) >= 11 is 0. The Morgan fingerprint density at radius 2 is 1.68 bits per heavy atom. The number of carbonyl (C=O) groups is 2. The number of furan rings is 1. The number of methoxy groups -OCH3 is 1. The van der Waals surface area contributed by atoms with E-state index in [1.165, 1.54) is 30.0 Å². The van der Waals surface area contributed by atoms with E-state index < -0.39 is 11.8 Å². The molecular weight excluding hydrogens is 489 g/mol. The van der Waals surface area contributed by atoms with E-state index >= 15 is 0 Å². The number of nitrogens with one attached hydrogen (secondary N) is 1. The van der Waals surface area contributed by atoms with Crippen LogP contribution >= 0.6 is 0 Å². The van der Waals surface area contributed by atoms with Crippen LogP contribution in [0.2, 0.25) is 0 Å². The minimum atomic E-state index is -0.563. The second kappa shape index (κ2) is 10.4. The van der Waals surface area contributed by atoms with Crippen molar-refractivity contribution in [2.45, 2.75) is 6.92 Å². The summed E-state index contributed by atoms with van der Waals surface area (Å²) in [4.78, 5) is 24.5. The van der Waals surface area contributed by atoms with Crippen LogP contribution in [-0.2, 0) is 4.79 Å². The molecular formula is C29H22FN3O5. The summed E-state index contributed by atoms with van der Waals surface area (Å²) in [5, 5.41) is 7.50. The summed E-state index contributed by atoms with van der Waals surface area (Å²) < 4.78 is 31.6. The first-order valence-corrected chi connectivity index (χ1v) is 11.6. The first-order valence-electron chi connectivity index (χ1n) is 11.6. The van der Waals surface area contributed by atoms with Gasteiger partial charge in [-0.25, -0.2) is 4.39 Å². The van der Waals surface area contributed by atoms with Crippen LogP contribution in [0.1, 0.15) is 17.5 Å². The summed E-state index contributed by atoms with van der Waals surface area (Å²) in [6.45, 7) is 1.28. The second-order valence-electron chi connectivity index (χ2n) is 8.25. The highest BCUT2D eigenvalue weighted by Crippen LogP contribution is 2.41. The van der Waals surface area contributed by atoms with Crippen LogP contribution < -0.4 is 14.8 Å². The maximum absolute atomic E-state index is 14.1. The molecule has 0 aliphatic carbocycles. The molecule has 8 nitrogen and oxygen atoms in total. The van der Waals surface area contributed by atoms with Crippen molar-refractivity contribution in [2.75, 3.05) is 12.4 Å². The quantitative estimate of drug-likeness (QED) is 0.264. The molecule has 0 saturated carbocycles. The SMILES string of the molecule is COc1ccc(-c2nn(-c3cccc(F)c3)c(OC(C)=O)c2-c2ccc(NC(=O)c3ccco3)cc2)cc1. The number of anilines is 1. The maximum atomic E-state index is 14.1. The van der Waals surface area contributed by atoms with Crippen molar-refractivity contribution in [1.82, 2.24) is 9.78 Å². The van der Waals surface area contributed by atoms with Gasteiger partial charge in [0, 0.05) is 18.2 Å². The zero-order chi connectivity index (χ0) is 26.6. The molecule has 38 heavy (non-hydrogen) atoms. The molecule has 0 saturated heterocycles. The molecule has 0 atom stereocenters. The highest BCUT2D eigenvalue weighted by atomic mass is 19.1. The van der Waals surface area contributed by atoms with Crippen LogP contribution in [0.25, 0.3) is 28.1 Å². The molecule has 0 bridgehead atoms. The molecule has 1 N–H and O–H groups in total. The molecule has 0 aliphatic rings. The fourth-order valence-corrected chi connectivity index (χ4v) is 3.95. The monoisotopic (exact) mass is 511 g/mol. The van der Waals surface area contributed by atoms with E-state index in [1.54, 1.807) is 67.8 Å².